The molecule has 0 aliphatic heterocycles. The summed E-state index contributed by atoms with van der Waals surface area (Å²) >= 11 is 0. The Kier molecular flexibility index (Phi) is 1.83. The van der Waals surface area contributed by atoms with Crippen molar-refractivity contribution in [2.75, 3.05) is 0 Å². The van der Waals surface area contributed by atoms with Crippen LogP contribution in [0.4, 0.5) is 13.2 Å². The summed E-state index contributed by atoms with van der Waals surface area (Å²) in [6, 6.07) is 0. The summed E-state index contributed by atoms with van der Waals surface area (Å²) in [6.45, 7) is 1.25. The monoisotopic (exact) mass is 148 g/mol. The molecule has 0 N–H and O–H groups in total. The van der Waals surface area contributed by atoms with Gasteiger partial charge in [-0.1, -0.05) is 0 Å². The molecule has 0 heterocycles. The highest BCUT2D eigenvalue weighted by Crippen LogP contribution is 2.24. The van der Waals surface area contributed by atoms with E-state index in [1.54, 1.807) is 0 Å². The maximum atomic E-state index is 12.5. The Labute approximate surface area is 57.0 Å². The third-order valence-corrected chi connectivity index (χ3v) is 1.50. The molecule has 0 spiro atoms. The van der Waals surface area contributed by atoms with Crippen LogP contribution in [0.5, 0.6) is 0 Å². The molecule has 0 saturated carbocycles. The second kappa shape index (κ2) is 2.48. The molecule has 1 rings (SSSR count). The molecule has 0 aromatic rings. The van der Waals surface area contributed by atoms with Crippen molar-refractivity contribution in [2.45, 2.75) is 19.3 Å². The molecule has 56 valence electrons. The highest BCUT2D eigenvalue weighted by molar-refractivity contribution is 5.28. The molecule has 1 aliphatic rings. The van der Waals surface area contributed by atoms with Crippen LogP contribution in [0.15, 0.2) is 23.6 Å². The van der Waals surface area contributed by atoms with Crippen LogP contribution >= 0.6 is 0 Å². The summed E-state index contributed by atoms with van der Waals surface area (Å²) in [7, 11) is 0. The third kappa shape index (κ3) is 1.08. The molecule has 1 aliphatic carbocycles. The highest BCUT2D eigenvalue weighted by Gasteiger charge is 2.25. The van der Waals surface area contributed by atoms with Gasteiger partial charge in [0, 0.05) is 0 Å². The van der Waals surface area contributed by atoms with Crippen LogP contribution in [0.2, 0.25) is 0 Å². The third-order valence-electron chi connectivity index (χ3n) is 1.50. The fourth-order valence-corrected chi connectivity index (χ4v) is 0.776. The predicted octanol–water partition coefficient (Wildman–Crippen LogP) is 2.48. The maximum absolute atomic E-state index is 12.5. The molecule has 0 amide bonds. The van der Waals surface area contributed by atoms with Gasteiger partial charge in [0.15, 0.2) is 12.3 Å². The summed E-state index contributed by atoms with van der Waals surface area (Å²) in [5.74, 6) is -0.665. The molecule has 2 atom stereocenters. The van der Waals surface area contributed by atoms with E-state index in [1.165, 1.54) is 6.92 Å². The van der Waals surface area contributed by atoms with E-state index >= 15 is 0 Å². The number of rotatable bonds is 0. The van der Waals surface area contributed by atoms with E-state index in [9.17, 15) is 13.2 Å². The minimum Gasteiger partial charge on any atom is -0.239 e. The zero-order valence-corrected chi connectivity index (χ0v) is 5.44. The Morgan fingerprint density at radius 2 is 2.00 bits per heavy atom. The quantitative estimate of drug-likeness (QED) is 0.495. The van der Waals surface area contributed by atoms with Gasteiger partial charge in [-0.3, -0.25) is 0 Å². The minimum atomic E-state index is -1.80. The molecule has 10 heavy (non-hydrogen) atoms. The Morgan fingerprint density at radius 3 is 2.50 bits per heavy atom. The average Bonchev–Trinajstić information content (AvgIpc) is 1.93. The molecule has 0 fully saturated rings. The molecular weight excluding hydrogens is 141 g/mol. The fourth-order valence-electron chi connectivity index (χ4n) is 0.776. The number of hydrogen-bond acceptors (Lipinski definition) is 0. The molecule has 3 heteroatoms. The normalized spacial score (nSPS) is 33.2. The predicted molar refractivity (Wildman–Crippen MR) is 32.7 cm³/mol. The van der Waals surface area contributed by atoms with Crippen molar-refractivity contribution >= 4 is 0 Å². The largest absolute Gasteiger partial charge is 0.239 e. The zero-order chi connectivity index (χ0) is 7.72. The van der Waals surface area contributed by atoms with Crippen LogP contribution in [-0.4, -0.2) is 12.3 Å². The SMILES string of the molecule is CC1=C(F)C=CC(F)C1F. The van der Waals surface area contributed by atoms with E-state index in [-0.39, 0.29) is 5.57 Å². The molecule has 0 aromatic heterocycles. The lowest BCUT2D eigenvalue weighted by Gasteiger charge is -2.14. The van der Waals surface area contributed by atoms with Gasteiger partial charge in [0.2, 0.25) is 0 Å². The molecule has 0 bridgehead atoms. The van der Waals surface area contributed by atoms with Crippen LogP contribution in [0, 0.1) is 0 Å². The maximum Gasteiger partial charge on any atom is 0.159 e. The van der Waals surface area contributed by atoms with E-state index in [0.717, 1.165) is 12.2 Å². The summed E-state index contributed by atoms with van der Waals surface area (Å²) in [4.78, 5) is 0. The van der Waals surface area contributed by atoms with Crippen LogP contribution in [0.25, 0.3) is 0 Å². The zero-order valence-electron chi connectivity index (χ0n) is 5.44. The van der Waals surface area contributed by atoms with Crippen molar-refractivity contribution in [3.8, 4) is 0 Å². The Hall–Kier alpha value is -0.730. The number of halogens is 3. The van der Waals surface area contributed by atoms with Crippen LogP contribution in [0.3, 0.4) is 0 Å². The van der Waals surface area contributed by atoms with Gasteiger partial charge < -0.3 is 0 Å². The summed E-state index contributed by atoms with van der Waals surface area (Å²) in [6.07, 6.45) is -1.65. The van der Waals surface area contributed by atoms with E-state index < -0.39 is 18.2 Å². The Bertz CT molecular complexity index is 193. The molecule has 2 unspecified atom stereocenters. The summed E-state index contributed by atoms with van der Waals surface area (Å²) < 4.78 is 37.2. The van der Waals surface area contributed by atoms with Crippen molar-refractivity contribution in [3.05, 3.63) is 23.6 Å². The van der Waals surface area contributed by atoms with Crippen molar-refractivity contribution in [1.82, 2.24) is 0 Å². The van der Waals surface area contributed by atoms with Crippen molar-refractivity contribution < 1.29 is 13.2 Å². The van der Waals surface area contributed by atoms with Gasteiger partial charge in [0.05, 0.1) is 0 Å². The van der Waals surface area contributed by atoms with Crippen molar-refractivity contribution in [3.63, 3.8) is 0 Å². The first-order valence-corrected chi connectivity index (χ1v) is 2.95. The summed E-state index contributed by atoms with van der Waals surface area (Å²) in [5, 5.41) is 0. The average molecular weight is 148 g/mol. The van der Waals surface area contributed by atoms with E-state index in [1.807, 2.05) is 0 Å². The lowest BCUT2D eigenvalue weighted by Crippen LogP contribution is -2.19. The number of hydrogen-bond donors (Lipinski definition) is 0. The van der Waals surface area contributed by atoms with Crippen LogP contribution in [-0.2, 0) is 0 Å². The first-order valence-electron chi connectivity index (χ1n) is 2.95. The molecule has 0 aromatic carbocycles. The standard InChI is InChI=1S/C7H7F3/c1-4-5(8)2-3-6(9)7(4)10/h2-3,6-7H,1H3. The van der Waals surface area contributed by atoms with Gasteiger partial charge in [-0.15, -0.1) is 0 Å². The van der Waals surface area contributed by atoms with Gasteiger partial charge in [0.25, 0.3) is 0 Å². The second-order valence-electron chi connectivity index (χ2n) is 2.24. The number of allylic oxidation sites excluding steroid dienone is 4. The molecule has 0 saturated heterocycles. The van der Waals surface area contributed by atoms with Gasteiger partial charge in [0.1, 0.15) is 5.83 Å². The smallest absolute Gasteiger partial charge is 0.159 e. The van der Waals surface area contributed by atoms with Gasteiger partial charge in [-0.25, -0.2) is 13.2 Å². The fraction of sp³-hybridized carbons (Fsp3) is 0.429. The first-order chi connectivity index (χ1) is 4.63. The van der Waals surface area contributed by atoms with Crippen molar-refractivity contribution in [2.24, 2.45) is 0 Å². The van der Waals surface area contributed by atoms with Gasteiger partial charge in [-0.2, -0.15) is 0 Å². The van der Waals surface area contributed by atoms with E-state index in [0.29, 0.717) is 0 Å². The second-order valence-corrected chi connectivity index (χ2v) is 2.24. The molecule has 0 radical (unpaired) electrons. The van der Waals surface area contributed by atoms with Gasteiger partial charge >= 0.3 is 0 Å². The van der Waals surface area contributed by atoms with E-state index in [4.69, 9.17) is 0 Å². The lowest BCUT2D eigenvalue weighted by atomic mass is 10.0. The van der Waals surface area contributed by atoms with Gasteiger partial charge in [-0.05, 0) is 24.6 Å². The molecule has 0 nitrogen and oxygen atoms in total. The molecular formula is C7H7F3. The minimum absolute atomic E-state index is 0.157. The first kappa shape index (κ1) is 7.38. The van der Waals surface area contributed by atoms with E-state index in [2.05, 4.69) is 0 Å². The lowest BCUT2D eigenvalue weighted by molar-refractivity contribution is 0.229. The number of alkyl halides is 2. The van der Waals surface area contributed by atoms with Crippen LogP contribution < -0.4 is 0 Å². The Morgan fingerprint density at radius 1 is 1.40 bits per heavy atom. The highest BCUT2D eigenvalue weighted by atomic mass is 19.2. The topological polar surface area (TPSA) is 0 Å². The van der Waals surface area contributed by atoms with Crippen molar-refractivity contribution in [1.29, 1.82) is 0 Å². The summed E-state index contributed by atoms with van der Waals surface area (Å²) in [5.41, 5.74) is -0.157. The Balaban J connectivity index is 2.88. The van der Waals surface area contributed by atoms with Crippen LogP contribution in [0.1, 0.15) is 6.92 Å².